The van der Waals surface area contributed by atoms with Crippen molar-refractivity contribution < 1.29 is 35.9 Å². The SMILES string of the molecule is COc1cc2c(cc1OC)C(=O)C(CC1CCN(Cc3ccccc3)CC1)C2.Cc1ccc(-c2cc(C(F)(F)F)nn2-c2ccc(S(N)(=O)=O)cc2)cc1.Cl. The van der Waals surface area contributed by atoms with Gasteiger partial charge >= 0.3 is 6.18 Å². The van der Waals surface area contributed by atoms with Gasteiger partial charge in [0.15, 0.2) is 23.0 Å². The van der Waals surface area contributed by atoms with Crippen LogP contribution in [-0.4, -0.2) is 56.2 Å². The number of primary sulfonamides is 1. The summed E-state index contributed by atoms with van der Waals surface area (Å²) in [6.07, 6.45) is -0.416. The van der Waals surface area contributed by atoms with Gasteiger partial charge in [-0.15, -0.1) is 12.4 Å². The number of hydrogen-bond donors (Lipinski definition) is 1. The van der Waals surface area contributed by atoms with E-state index in [0.717, 1.165) is 59.9 Å². The molecule has 1 aliphatic heterocycles. The Hall–Kier alpha value is -4.69. The minimum atomic E-state index is -4.61. The summed E-state index contributed by atoms with van der Waals surface area (Å²) >= 11 is 0. The first-order valence-corrected chi connectivity index (χ1v) is 19.2. The molecule has 0 bridgehead atoms. The highest BCUT2D eigenvalue weighted by Crippen LogP contribution is 2.40. The van der Waals surface area contributed by atoms with Gasteiger partial charge in [-0.3, -0.25) is 9.69 Å². The topological polar surface area (TPSA) is 117 Å². The highest BCUT2D eigenvalue weighted by Gasteiger charge is 2.36. The third kappa shape index (κ3) is 9.95. The fourth-order valence-corrected chi connectivity index (χ4v) is 7.65. The summed E-state index contributed by atoms with van der Waals surface area (Å²) in [7, 11) is -0.640. The maximum Gasteiger partial charge on any atom is 0.435 e. The summed E-state index contributed by atoms with van der Waals surface area (Å²) in [5.74, 6) is 2.38. The zero-order chi connectivity index (χ0) is 38.6. The number of nitrogens with zero attached hydrogens (tertiary/aromatic N) is 3. The number of carbonyl (C=O) groups is 1. The van der Waals surface area contributed by atoms with Crippen molar-refractivity contribution in [1.29, 1.82) is 0 Å². The van der Waals surface area contributed by atoms with E-state index in [-0.39, 0.29) is 40.4 Å². The number of likely N-dealkylation sites (tertiary alicyclic amines) is 1. The van der Waals surface area contributed by atoms with Crippen LogP contribution in [0.25, 0.3) is 16.9 Å². The van der Waals surface area contributed by atoms with Crippen LogP contribution in [0.4, 0.5) is 13.2 Å². The number of hydrogen-bond acceptors (Lipinski definition) is 7. The van der Waals surface area contributed by atoms with E-state index in [1.807, 2.05) is 19.1 Å². The van der Waals surface area contributed by atoms with Gasteiger partial charge in [-0.05, 0) is 105 Å². The van der Waals surface area contributed by atoms with Crippen molar-refractivity contribution in [2.75, 3.05) is 27.3 Å². The van der Waals surface area contributed by atoms with E-state index in [2.05, 4.69) is 40.3 Å². The average molecular weight is 797 g/mol. The van der Waals surface area contributed by atoms with Crippen molar-refractivity contribution in [2.24, 2.45) is 17.0 Å². The number of benzene rings is 4. The van der Waals surface area contributed by atoms with Crippen molar-refractivity contribution in [3.63, 3.8) is 0 Å². The lowest BCUT2D eigenvalue weighted by Crippen LogP contribution is -2.34. The molecule has 5 aromatic rings. The first kappa shape index (κ1) is 41.5. The summed E-state index contributed by atoms with van der Waals surface area (Å²) < 4.78 is 74.0. The summed E-state index contributed by atoms with van der Waals surface area (Å²) in [4.78, 5) is 15.3. The molecule has 55 heavy (non-hydrogen) atoms. The van der Waals surface area contributed by atoms with Crippen LogP contribution in [0.5, 0.6) is 11.5 Å². The molecule has 14 heteroatoms. The molecule has 0 radical (unpaired) electrons. The largest absolute Gasteiger partial charge is 0.493 e. The first-order valence-electron chi connectivity index (χ1n) is 17.7. The molecule has 9 nitrogen and oxygen atoms in total. The Labute approximate surface area is 325 Å². The van der Waals surface area contributed by atoms with Gasteiger partial charge < -0.3 is 9.47 Å². The van der Waals surface area contributed by atoms with E-state index in [4.69, 9.17) is 14.6 Å². The van der Waals surface area contributed by atoms with E-state index < -0.39 is 21.9 Å². The number of alkyl halides is 3. The molecule has 1 atom stereocenters. The van der Waals surface area contributed by atoms with Gasteiger partial charge in [-0.2, -0.15) is 18.3 Å². The molecule has 1 aromatic heterocycles. The van der Waals surface area contributed by atoms with Crippen LogP contribution in [-0.2, 0) is 29.2 Å². The Balaban J connectivity index is 0.000000208. The number of Topliss-reactive ketones (excluding diaryl/α,β-unsaturated/α-hetero) is 1. The number of piperidine rings is 1. The van der Waals surface area contributed by atoms with Crippen LogP contribution in [0.2, 0.25) is 0 Å². The molecular formula is C41H44ClF3N4O5S. The summed E-state index contributed by atoms with van der Waals surface area (Å²) in [6, 6.07) is 27.6. The number of methoxy groups -OCH3 is 2. The molecule has 7 rings (SSSR count). The third-order valence-corrected chi connectivity index (χ3v) is 11.0. The predicted octanol–water partition coefficient (Wildman–Crippen LogP) is 8.30. The molecule has 0 amide bonds. The second-order valence-electron chi connectivity index (χ2n) is 13.8. The van der Waals surface area contributed by atoms with Crippen LogP contribution in [0.15, 0.2) is 102 Å². The molecule has 2 heterocycles. The van der Waals surface area contributed by atoms with Crippen molar-refractivity contribution in [3.8, 4) is 28.4 Å². The fourth-order valence-electron chi connectivity index (χ4n) is 7.14. The van der Waals surface area contributed by atoms with Crippen LogP contribution >= 0.6 is 12.4 Å². The van der Waals surface area contributed by atoms with Crippen LogP contribution in [0.1, 0.15) is 52.0 Å². The van der Waals surface area contributed by atoms with Crippen molar-refractivity contribution in [3.05, 3.63) is 125 Å². The Morgan fingerprint density at radius 2 is 1.49 bits per heavy atom. The van der Waals surface area contributed by atoms with E-state index >= 15 is 0 Å². The van der Waals surface area contributed by atoms with Crippen LogP contribution in [0.3, 0.4) is 0 Å². The molecule has 1 unspecified atom stereocenters. The normalized spacial score (nSPS) is 16.1. The molecular weight excluding hydrogens is 753 g/mol. The third-order valence-electron chi connectivity index (χ3n) is 10.0. The molecule has 0 spiro atoms. The number of ether oxygens (including phenoxy) is 2. The number of ketones is 1. The molecule has 292 valence electrons. The van der Waals surface area contributed by atoms with Gasteiger partial charge in [-0.1, -0.05) is 60.2 Å². The lowest BCUT2D eigenvalue weighted by Gasteiger charge is -2.32. The number of rotatable bonds is 9. The molecule has 1 saturated heterocycles. The number of halogens is 4. The summed E-state index contributed by atoms with van der Waals surface area (Å²) in [6.45, 7) is 5.14. The monoisotopic (exact) mass is 796 g/mol. The standard InChI is InChI=1S/C24H29NO3.C17H14F3N3O2S.ClH/c1-27-22-14-19-13-20(24(26)21(19)15-23(22)28-2)12-17-8-10-25(11-9-17)16-18-6-4-3-5-7-18;1-11-2-4-12(5-3-11)15-10-16(17(18,19)20)22-23(15)13-6-8-14(9-7-13)26(21,24)25;/h3-7,14-15,17,20H,8-13,16H2,1-2H3;2-10H,1H3,(H2,21,24,25);1H. The van der Waals surface area contributed by atoms with E-state index in [1.54, 1.807) is 38.5 Å². The molecule has 2 aliphatic rings. The minimum absolute atomic E-state index is 0. The maximum atomic E-state index is 13.1. The molecule has 1 fully saturated rings. The predicted molar refractivity (Wildman–Crippen MR) is 207 cm³/mol. The summed E-state index contributed by atoms with van der Waals surface area (Å²) in [5, 5.41) is 8.70. The van der Waals surface area contributed by atoms with Crippen LogP contribution in [0, 0.1) is 18.8 Å². The smallest absolute Gasteiger partial charge is 0.435 e. The zero-order valence-electron chi connectivity index (χ0n) is 30.8. The van der Waals surface area contributed by atoms with Gasteiger partial charge in [0.25, 0.3) is 0 Å². The number of aryl methyl sites for hydroxylation is 1. The number of carbonyl (C=O) groups excluding carboxylic acids is 1. The number of fused-ring (bicyclic) bond motifs is 1. The maximum absolute atomic E-state index is 13.1. The first-order chi connectivity index (χ1) is 25.7. The number of aromatic nitrogens is 2. The van der Waals surface area contributed by atoms with Gasteiger partial charge in [0.1, 0.15) is 0 Å². The lowest BCUT2D eigenvalue weighted by molar-refractivity contribution is -0.141. The van der Waals surface area contributed by atoms with Gasteiger partial charge in [0, 0.05) is 23.6 Å². The highest BCUT2D eigenvalue weighted by atomic mass is 35.5. The van der Waals surface area contributed by atoms with Crippen molar-refractivity contribution in [2.45, 2.75) is 50.2 Å². The number of nitrogens with two attached hydrogens (primary N) is 1. The molecule has 4 aromatic carbocycles. The molecule has 2 N–H and O–H groups in total. The average Bonchev–Trinajstić information content (AvgIpc) is 3.74. The summed E-state index contributed by atoms with van der Waals surface area (Å²) in [5.41, 5.74) is 4.30. The van der Waals surface area contributed by atoms with Crippen molar-refractivity contribution in [1.82, 2.24) is 14.7 Å². The van der Waals surface area contributed by atoms with E-state index in [1.165, 1.54) is 42.7 Å². The zero-order valence-corrected chi connectivity index (χ0v) is 32.4. The Kier molecular flexibility index (Phi) is 13.1. The van der Waals surface area contributed by atoms with E-state index in [0.29, 0.717) is 23.0 Å². The van der Waals surface area contributed by atoms with Gasteiger partial charge in [0.05, 0.1) is 30.5 Å². The fraction of sp³-hybridized carbons (Fsp3) is 0.317. The second-order valence-corrected chi connectivity index (χ2v) is 15.4. The Morgan fingerprint density at radius 1 is 0.873 bits per heavy atom. The lowest BCUT2D eigenvalue weighted by atomic mass is 9.85. The van der Waals surface area contributed by atoms with Crippen LogP contribution < -0.4 is 14.6 Å². The quantitative estimate of drug-likeness (QED) is 0.160. The second kappa shape index (κ2) is 17.4. The number of sulfonamides is 1. The Bertz CT molecular complexity index is 2190. The van der Waals surface area contributed by atoms with Gasteiger partial charge in [0.2, 0.25) is 10.0 Å². The van der Waals surface area contributed by atoms with E-state index in [9.17, 15) is 26.4 Å². The van der Waals surface area contributed by atoms with Crippen molar-refractivity contribution >= 4 is 28.2 Å². The molecule has 0 saturated carbocycles. The molecule has 1 aliphatic carbocycles. The minimum Gasteiger partial charge on any atom is -0.493 e. The highest BCUT2D eigenvalue weighted by molar-refractivity contribution is 7.89. The Morgan fingerprint density at radius 3 is 2.07 bits per heavy atom. The van der Waals surface area contributed by atoms with Gasteiger partial charge in [-0.25, -0.2) is 18.2 Å².